The normalized spacial score (nSPS) is 17.2. The molecule has 27 heavy (non-hydrogen) atoms. The van der Waals surface area contributed by atoms with Crippen LogP contribution in [0.15, 0.2) is 60.7 Å². The van der Waals surface area contributed by atoms with Gasteiger partial charge in [0.25, 0.3) is 0 Å². The Hall–Kier alpha value is -2.88. The maximum Gasteiger partial charge on any atom is 0.227 e. The van der Waals surface area contributed by atoms with Gasteiger partial charge in [-0.3, -0.25) is 9.59 Å². The largest absolute Gasteiger partial charge is 0.338 e. The number of hydrogen-bond donors (Lipinski definition) is 0. The lowest BCUT2D eigenvalue weighted by atomic mass is 9.99. The number of hydrogen-bond acceptors (Lipinski definition) is 2. The Morgan fingerprint density at radius 2 is 1.70 bits per heavy atom. The van der Waals surface area contributed by atoms with Gasteiger partial charge in [-0.2, -0.15) is 0 Å². The molecule has 2 aliphatic rings. The van der Waals surface area contributed by atoms with Crippen LogP contribution in [-0.4, -0.2) is 36.3 Å². The van der Waals surface area contributed by atoms with Crippen LogP contribution in [0.3, 0.4) is 0 Å². The van der Waals surface area contributed by atoms with E-state index in [-0.39, 0.29) is 11.8 Å². The minimum Gasteiger partial charge on any atom is -0.338 e. The maximum absolute atomic E-state index is 12.6. The van der Waals surface area contributed by atoms with Crippen molar-refractivity contribution in [2.45, 2.75) is 25.7 Å². The first-order chi connectivity index (χ1) is 13.2. The Kier molecular flexibility index (Phi) is 5.05. The Balaban J connectivity index is 1.36. The van der Waals surface area contributed by atoms with E-state index in [1.807, 2.05) is 52.3 Å². The standard InChI is InChI=1S/C23H24N2O2/c26-22-7-4-14-25(22)21-10-8-18(9-11-21)17-23(27)24-15-12-20(13-16-24)19-5-2-1-3-6-19/h1-3,5-6,8-12H,4,7,13-17H2. The molecule has 0 unspecified atom stereocenters. The van der Waals surface area contributed by atoms with Crippen molar-refractivity contribution < 1.29 is 9.59 Å². The Bertz CT molecular complexity index is 856. The van der Waals surface area contributed by atoms with Crippen molar-refractivity contribution in [3.8, 4) is 0 Å². The molecule has 1 fully saturated rings. The van der Waals surface area contributed by atoms with Crippen LogP contribution in [-0.2, 0) is 16.0 Å². The van der Waals surface area contributed by atoms with Crippen LogP contribution in [0, 0.1) is 0 Å². The Morgan fingerprint density at radius 1 is 0.926 bits per heavy atom. The zero-order valence-electron chi connectivity index (χ0n) is 15.4. The average molecular weight is 360 g/mol. The van der Waals surface area contributed by atoms with Gasteiger partial charge in [0.2, 0.25) is 11.8 Å². The summed E-state index contributed by atoms with van der Waals surface area (Å²) in [6, 6.07) is 18.2. The van der Waals surface area contributed by atoms with Crippen molar-refractivity contribution in [1.82, 2.24) is 4.90 Å². The average Bonchev–Trinajstić information content (AvgIpc) is 3.15. The van der Waals surface area contributed by atoms with Crippen LogP contribution >= 0.6 is 0 Å². The first-order valence-corrected chi connectivity index (χ1v) is 9.62. The molecule has 0 bridgehead atoms. The SMILES string of the molecule is O=C(Cc1ccc(N2CCCC2=O)cc1)N1CC=C(c2ccccc2)CC1. The summed E-state index contributed by atoms with van der Waals surface area (Å²) in [6.07, 6.45) is 5.02. The number of anilines is 1. The highest BCUT2D eigenvalue weighted by Gasteiger charge is 2.22. The molecule has 0 atom stereocenters. The molecule has 2 aliphatic heterocycles. The second-order valence-electron chi connectivity index (χ2n) is 7.18. The molecular formula is C23H24N2O2. The van der Waals surface area contributed by atoms with E-state index in [1.165, 1.54) is 11.1 Å². The molecule has 0 spiro atoms. The first kappa shape index (κ1) is 17.5. The molecule has 0 saturated carbocycles. The van der Waals surface area contributed by atoms with Gasteiger partial charge >= 0.3 is 0 Å². The quantitative estimate of drug-likeness (QED) is 0.835. The number of benzene rings is 2. The third kappa shape index (κ3) is 3.95. The highest BCUT2D eigenvalue weighted by atomic mass is 16.2. The summed E-state index contributed by atoms with van der Waals surface area (Å²) in [5.41, 5.74) is 4.49. The van der Waals surface area contributed by atoms with Crippen molar-refractivity contribution in [3.63, 3.8) is 0 Å². The van der Waals surface area contributed by atoms with Gasteiger partial charge in [0.1, 0.15) is 0 Å². The topological polar surface area (TPSA) is 40.6 Å². The molecule has 4 nitrogen and oxygen atoms in total. The fraction of sp³-hybridized carbons (Fsp3) is 0.304. The van der Waals surface area contributed by atoms with Crippen molar-refractivity contribution >= 4 is 23.1 Å². The summed E-state index contributed by atoms with van der Waals surface area (Å²) in [6.45, 7) is 2.23. The van der Waals surface area contributed by atoms with E-state index in [9.17, 15) is 9.59 Å². The molecule has 1 saturated heterocycles. The highest BCUT2D eigenvalue weighted by Crippen LogP contribution is 2.24. The fourth-order valence-corrected chi connectivity index (χ4v) is 3.81. The molecule has 2 aromatic carbocycles. The van der Waals surface area contributed by atoms with E-state index in [1.54, 1.807) is 0 Å². The van der Waals surface area contributed by atoms with Crippen molar-refractivity contribution in [1.29, 1.82) is 0 Å². The summed E-state index contributed by atoms with van der Waals surface area (Å²) < 4.78 is 0. The lowest BCUT2D eigenvalue weighted by Gasteiger charge is -2.27. The summed E-state index contributed by atoms with van der Waals surface area (Å²) >= 11 is 0. The number of rotatable bonds is 4. The van der Waals surface area contributed by atoms with Gasteiger partial charge in [-0.15, -0.1) is 0 Å². The number of nitrogens with zero attached hydrogens (tertiary/aromatic N) is 2. The van der Waals surface area contributed by atoms with Gasteiger partial charge in [-0.05, 0) is 41.7 Å². The molecule has 2 amide bonds. The molecule has 0 aliphatic carbocycles. The summed E-state index contributed by atoms with van der Waals surface area (Å²) in [7, 11) is 0. The predicted molar refractivity (Wildman–Crippen MR) is 107 cm³/mol. The van der Waals surface area contributed by atoms with Crippen LogP contribution in [0.2, 0.25) is 0 Å². The molecule has 138 valence electrons. The minimum atomic E-state index is 0.156. The molecule has 0 radical (unpaired) electrons. The predicted octanol–water partition coefficient (Wildman–Crippen LogP) is 3.67. The van der Waals surface area contributed by atoms with Crippen LogP contribution in [0.5, 0.6) is 0 Å². The molecule has 0 N–H and O–H groups in total. The molecule has 2 aromatic rings. The zero-order valence-corrected chi connectivity index (χ0v) is 15.4. The van der Waals surface area contributed by atoms with Gasteiger partial charge < -0.3 is 9.80 Å². The van der Waals surface area contributed by atoms with Crippen LogP contribution < -0.4 is 4.90 Å². The molecule has 0 aromatic heterocycles. The number of amides is 2. The van der Waals surface area contributed by atoms with E-state index in [0.29, 0.717) is 19.4 Å². The molecule has 4 heteroatoms. The Labute approximate surface area is 160 Å². The monoisotopic (exact) mass is 360 g/mol. The smallest absolute Gasteiger partial charge is 0.227 e. The second kappa shape index (κ2) is 7.78. The molecular weight excluding hydrogens is 336 g/mol. The number of carbonyl (C=O) groups excluding carboxylic acids is 2. The third-order valence-electron chi connectivity index (χ3n) is 5.38. The van der Waals surface area contributed by atoms with Gasteiger partial charge in [0.05, 0.1) is 6.42 Å². The van der Waals surface area contributed by atoms with Crippen molar-refractivity contribution in [2.24, 2.45) is 0 Å². The van der Waals surface area contributed by atoms with Gasteiger partial charge in [0, 0.05) is 31.7 Å². The van der Waals surface area contributed by atoms with Crippen LogP contribution in [0.25, 0.3) is 5.57 Å². The van der Waals surface area contributed by atoms with Crippen LogP contribution in [0.4, 0.5) is 5.69 Å². The third-order valence-corrected chi connectivity index (χ3v) is 5.38. The van der Waals surface area contributed by atoms with E-state index < -0.39 is 0 Å². The minimum absolute atomic E-state index is 0.156. The maximum atomic E-state index is 12.6. The van der Waals surface area contributed by atoms with Crippen LogP contribution in [0.1, 0.15) is 30.4 Å². The van der Waals surface area contributed by atoms with Crippen molar-refractivity contribution in [2.75, 3.05) is 24.5 Å². The zero-order chi connectivity index (χ0) is 18.6. The van der Waals surface area contributed by atoms with Gasteiger partial charge in [-0.1, -0.05) is 48.5 Å². The lowest BCUT2D eigenvalue weighted by Crippen LogP contribution is -2.35. The van der Waals surface area contributed by atoms with Crippen molar-refractivity contribution in [3.05, 3.63) is 71.8 Å². The fourth-order valence-electron chi connectivity index (χ4n) is 3.81. The summed E-state index contributed by atoms with van der Waals surface area (Å²) in [5, 5.41) is 0. The molecule has 4 rings (SSSR count). The summed E-state index contributed by atoms with van der Waals surface area (Å²) in [5.74, 6) is 0.344. The lowest BCUT2D eigenvalue weighted by molar-refractivity contribution is -0.130. The van der Waals surface area contributed by atoms with E-state index >= 15 is 0 Å². The number of carbonyl (C=O) groups is 2. The second-order valence-corrected chi connectivity index (χ2v) is 7.18. The Morgan fingerprint density at radius 3 is 2.33 bits per heavy atom. The van der Waals surface area contributed by atoms with Gasteiger partial charge in [-0.25, -0.2) is 0 Å². The van der Waals surface area contributed by atoms with Gasteiger partial charge in [0.15, 0.2) is 0 Å². The first-order valence-electron chi connectivity index (χ1n) is 9.62. The summed E-state index contributed by atoms with van der Waals surface area (Å²) in [4.78, 5) is 28.2. The van der Waals surface area contributed by atoms with E-state index in [2.05, 4.69) is 18.2 Å². The molecule has 2 heterocycles. The van der Waals surface area contributed by atoms with E-state index in [4.69, 9.17) is 0 Å². The van der Waals surface area contributed by atoms with E-state index in [0.717, 1.165) is 37.2 Å². The highest BCUT2D eigenvalue weighted by molar-refractivity contribution is 5.95.